The van der Waals surface area contributed by atoms with Gasteiger partial charge in [0.15, 0.2) is 5.82 Å². The van der Waals surface area contributed by atoms with E-state index in [1.54, 1.807) is 4.68 Å². The number of nitrogens with zero attached hydrogens (tertiary/aromatic N) is 3. The van der Waals surface area contributed by atoms with Crippen LogP contribution in [0.15, 0.2) is 30.3 Å². The highest BCUT2D eigenvalue weighted by Crippen LogP contribution is 2.17. The Morgan fingerprint density at radius 1 is 1.29 bits per heavy atom. The van der Waals surface area contributed by atoms with E-state index in [4.69, 9.17) is 5.73 Å². The zero-order valence-corrected chi connectivity index (χ0v) is 10.3. The Morgan fingerprint density at radius 3 is 2.65 bits per heavy atom. The van der Waals surface area contributed by atoms with Crippen LogP contribution in [0.25, 0.3) is 0 Å². The molecule has 2 N–H and O–H groups in total. The van der Waals surface area contributed by atoms with Crippen molar-refractivity contribution in [2.45, 2.75) is 25.8 Å². The largest absolute Gasteiger partial charge is 0.318 e. The molecule has 2 aromatic rings. The van der Waals surface area contributed by atoms with E-state index >= 15 is 0 Å². The van der Waals surface area contributed by atoms with Crippen molar-refractivity contribution >= 4 is 0 Å². The van der Waals surface area contributed by atoms with E-state index in [-0.39, 0.29) is 6.04 Å². The van der Waals surface area contributed by atoms with Crippen molar-refractivity contribution < 1.29 is 0 Å². The van der Waals surface area contributed by atoms with Gasteiger partial charge in [-0.1, -0.05) is 37.3 Å². The van der Waals surface area contributed by atoms with Gasteiger partial charge >= 0.3 is 0 Å². The second kappa shape index (κ2) is 5.10. The third-order valence-electron chi connectivity index (χ3n) is 2.75. The van der Waals surface area contributed by atoms with Crippen LogP contribution in [-0.4, -0.2) is 14.8 Å². The van der Waals surface area contributed by atoms with Crippen molar-refractivity contribution in [1.29, 1.82) is 0 Å². The molecule has 1 aromatic heterocycles. The summed E-state index contributed by atoms with van der Waals surface area (Å²) in [4.78, 5) is 4.50. The van der Waals surface area contributed by atoms with Crippen LogP contribution in [0.1, 0.15) is 36.6 Å². The van der Waals surface area contributed by atoms with Gasteiger partial charge in [0.1, 0.15) is 5.82 Å². The van der Waals surface area contributed by atoms with Crippen LogP contribution in [0, 0.1) is 0 Å². The fourth-order valence-electron chi connectivity index (χ4n) is 1.86. The molecule has 90 valence electrons. The minimum Gasteiger partial charge on any atom is -0.318 e. The summed E-state index contributed by atoms with van der Waals surface area (Å²) in [5.41, 5.74) is 7.26. The number of rotatable bonds is 4. The molecule has 4 heteroatoms. The molecule has 0 saturated carbocycles. The lowest BCUT2D eigenvalue weighted by Crippen LogP contribution is -2.16. The van der Waals surface area contributed by atoms with E-state index in [1.807, 2.05) is 37.4 Å². The van der Waals surface area contributed by atoms with Crippen molar-refractivity contribution in [2.75, 3.05) is 0 Å². The number of aromatic nitrogens is 3. The molecule has 17 heavy (non-hydrogen) atoms. The van der Waals surface area contributed by atoms with Crippen LogP contribution in [0.4, 0.5) is 0 Å². The molecule has 0 aliphatic heterocycles. The molecule has 1 atom stereocenters. The van der Waals surface area contributed by atoms with Gasteiger partial charge in [-0.2, -0.15) is 5.10 Å². The first kappa shape index (κ1) is 11.8. The molecule has 0 bridgehead atoms. The Labute approximate surface area is 101 Å². The van der Waals surface area contributed by atoms with E-state index in [9.17, 15) is 0 Å². The second-order valence-corrected chi connectivity index (χ2v) is 4.15. The maximum Gasteiger partial charge on any atom is 0.151 e. The summed E-state index contributed by atoms with van der Waals surface area (Å²) in [6, 6.07) is 9.77. The Morgan fingerprint density at radius 2 is 2.00 bits per heavy atom. The van der Waals surface area contributed by atoms with Gasteiger partial charge in [-0.05, 0) is 12.0 Å². The third-order valence-corrected chi connectivity index (χ3v) is 2.75. The normalized spacial score (nSPS) is 12.6. The molecule has 0 amide bonds. The minimum atomic E-state index is -0.209. The molecular weight excluding hydrogens is 212 g/mol. The summed E-state index contributed by atoms with van der Waals surface area (Å²) in [6.45, 7) is 2.12. The third kappa shape index (κ3) is 2.53. The van der Waals surface area contributed by atoms with E-state index in [0.29, 0.717) is 0 Å². The zero-order chi connectivity index (χ0) is 12.3. The first-order chi connectivity index (χ1) is 8.22. The molecule has 0 aliphatic carbocycles. The number of aryl methyl sites for hydroxylation is 2. The van der Waals surface area contributed by atoms with Gasteiger partial charge in [0.25, 0.3) is 0 Å². The molecule has 0 aliphatic rings. The van der Waals surface area contributed by atoms with Crippen molar-refractivity contribution in [2.24, 2.45) is 12.8 Å². The molecule has 4 nitrogen and oxygen atoms in total. The Bertz CT molecular complexity index is 475. The maximum absolute atomic E-state index is 6.20. The highest BCUT2D eigenvalue weighted by atomic mass is 15.3. The highest BCUT2D eigenvalue weighted by molar-refractivity contribution is 5.24. The van der Waals surface area contributed by atoms with Crippen LogP contribution < -0.4 is 5.73 Å². The molecule has 0 spiro atoms. The lowest BCUT2D eigenvalue weighted by molar-refractivity contribution is 0.655. The van der Waals surface area contributed by atoms with Gasteiger partial charge < -0.3 is 5.73 Å². The molecule has 0 radical (unpaired) electrons. The topological polar surface area (TPSA) is 56.7 Å². The highest BCUT2D eigenvalue weighted by Gasteiger charge is 2.15. The molecule has 2 rings (SSSR count). The second-order valence-electron chi connectivity index (χ2n) is 4.15. The van der Waals surface area contributed by atoms with Gasteiger partial charge in [-0.15, -0.1) is 0 Å². The smallest absolute Gasteiger partial charge is 0.151 e. The van der Waals surface area contributed by atoms with Gasteiger partial charge in [0, 0.05) is 13.5 Å². The zero-order valence-electron chi connectivity index (χ0n) is 10.3. The van der Waals surface area contributed by atoms with E-state index in [1.165, 1.54) is 0 Å². The Kier molecular flexibility index (Phi) is 3.54. The van der Waals surface area contributed by atoms with Gasteiger partial charge in [0.2, 0.25) is 0 Å². The monoisotopic (exact) mass is 230 g/mol. The summed E-state index contributed by atoms with van der Waals surface area (Å²) in [5.74, 6) is 1.69. The first-order valence-electron chi connectivity index (χ1n) is 5.92. The van der Waals surface area contributed by atoms with E-state index < -0.39 is 0 Å². The summed E-state index contributed by atoms with van der Waals surface area (Å²) < 4.78 is 1.78. The predicted molar refractivity (Wildman–Crippen MR) is 67.5 cm³/mol. The van der Waals surface area contributed by atoms with Crippen LogP contribution >= 0.6 is 0 Å². The van der Waals surface area contributed by atoms with Crippen molar-refractivity contribution in [3.05, 3.63) is 47.5 Å². The van der Waals surface area contributed by atoms with Crippen LogP contribution in [0.5, 0.6) is 0 Å². The fraction of sp³-hybridized carbons (Fsp3) is 0.385. The number of hydrogen-bond acceptors (Lipinski definition) is 3. The molecule has 0 saturated heterocycles. The average Bonchev–Trinajstić information content (AvgIpc) is 2.71. The summed E-state index contributed by atoms with van der Waals surface area (Å²) in [5, 5.41) is 4.37. The summed E-state index contributed by atoms with van der Waals surface area (Å²) >= 11 is 0. The van der Waals surface area contributed by atoms with E-state index in [2.05, 4.69) is 17.0 Å². The number of nitrogens with two attached hydrogens (primary N) is 1. The molecular formula is C13H18N4. The van der Waals surface area contributed by atoms with Gasteiger partial charge in [-0.25, -0.2) is 4.98 Å². The van der Waals surface area contributed by atoms with Crippen molar-refractivity contribution in [3.8, 4) is 0 Å². The maximum atomic E-state index is 6.20. The first-order valence-corrected chi connectivity index (χ1v) is 5.92. The van der Waals surface area contributed by atoms with Crippen molar-refractivity contribution in [1.82, 2.24) is 14.8 Å². The van der Waals surface area contributed by atoms with Gasteiger partial charge in [0.05, 0.1) is 6.04 Å². The molecule has 1 heterocycles. The molecule has 1 unspecified atom stereocenters. The summed E-state index contributed by atoms with van der Waals surface area (Å²) in [6.07, 6.45) is 1.94. The lowest BCUT2D eigenvalue weighted by Gasteiger charge is -2.10. The summed E-state index contributed by atoms with van der Waals surface area (Å²) in [7, 11) is 1.89. The van der Waals surface area contributed by atoms with E-state index in [0.717, 1.165) is 30.1 Å². The van der Waals surface area contributed by atoms with Crippen LogP contribution in [0.3, 0.4) is 0 Å². The standard InChI is InChI=1S/C13H18N4/c1-3-7-11-15-13(17(2)16-11)12(14)10-8-5-4-6-9-10/h4-6,8-9,12H,3,7,14H2,1-2H3. The Balaban J connectivity index is 2.28. The fourth-order valence-corrected chi connectivity index (χ4v) is 1.86. The predicted octanol–water partition coefficient (Wildman–Crippen LogP) is 1.82. The number of hydrogen-bond donors (Lipinski definition) is 1. The van der Waals surface area contributed by atoms with Crippen molar-refractivity contribution in [3.63, 3.8) is 0 Å². The minimum absolute atomic E-state index is 0.209. The molecule has 0 fully saturated rings. The lowest BCUT2D eigenvalue weighted by atomic mass is 10.1. The quantitative estimate of drug-likeness (QED) is 0.871. The number of benzene rings is 1. The molecule has 1 aromatic carbocycles. The van der Waals surface area contributed by atoms with Crippen LogP contribution in [0.2, 0.25) is 0 Å². The van der Waals surface area contributed by atoms with Crippen LogP contribution in [-0.2, 0) is 13.5 Å². The Hall–Kier alpha value is -1.68. The van der Waals surface area contributed by atoms with Gasteiger partial charge in [-0.3, -0.25) is 4.68 Å². The average molecular weight is 230 g/mol. The SMILES string of the molecule is CCCc1nc(C(N)c2ccccc2)n(C)n1.